The van der Waals surface area contributed by atoms with Crippen LogP contribution in [0.2, 0.25) is 10.0 Å². The number of hydrogen-bond acceptors (Lipinski definition) is 4. The lowest BCUT2D eigenvalue weighted by Crippen LogP contribution is -2.39. The Morgan fingerprint density at radius 2 is 2.05 bits per heavy atom. The van der Waals surface area contributed by atoms with Gasteiger partial charge in [0.15, 0.2) is 5.82 Å². The number of carbonyl (C=O) groups excluding carboxylic acids is 1. The van der Waals surface area contributed by atoms with Gasteiger partial charge >= 0.3 is 0 Å². The van der Waals surface area contributed by atoms with Crippen LogP contribution in [0.5, 0.6) is 0 Å². The predicted octanol–water partition coefficient (Wildman–Crippen LogP) is 3.70. The number of piperidine rings is 1. The van der Waals surface area contributed by atoms with Crippen molar-refractivity contribution in [1.82, 2.24) is 15.0 Å². The van der Waals surface area contributed by atoms with Gasteiger partial charge < -0.3 is 9.42 Å². The molecule has 1 aromatic carbocycles. The van der Waals surface area contributed by atoms with Gasteiger partial charge in [-0.15, -0.1) is 0 Å². The van der Waals surface area contributed by atoms with E-state index in [0.29, 0.717) is 40.4 Å². The highest BCUT2D eigenvalue weighted by molar-refractivity contribution is 6.35. The van der Waals surface area contributed by atoms with Crippen molar-refractivity contribution in [3.8, 4) is 0 Å². The van der Waals surface area contributed by atoms with Crippen molar-refractivity contribution >= 4 is 29.1 Å². The van der Waals surface area contributed by atoms with Crippen molar-refractivity contribution < 1.29 is 9.32 Å². The number of aromatic nitrogens is 2. The molecule has 1 aliphatic heterocycles. The molecule has 2 aromatic rings. The normalized spacial score (nSPS) is 18.5. The molecule has 1 aliphatic rings. The second-order valence-corrected chi connectivity index (χ2v) is 6.30. The Kier molecular flexibility index (Phi) is 4.36. The average Bonchev–Trinajstić information content (AvgIpc) is 2.92. The van der Waals surface area contributed by atoms with Crippen molar-refractivity contribution in [1.29, 1.82) is 0 Å². The molecule has 1 atom stereocenters. The number of amides is 1. The lowest BCUT2D eigenvalue weighted by Gasteiger charge is -2.31. The summed E-state index contributed by atoms with van der Waals surface area (Å²) in [5, 5.41) is 4.73. The number of halogens is 2. The third kappa shape index (κ3) is 3.25. The van der Waals surface area contributed by atoms with Crippen LogP contribution in [0.15, 0.2) is 22.7 Å². The quantitative estimate of drug-likeness (QED) is 0.836. The van der Waals surface area contributed by atoms with Crippen molar-refractivity contribution in [2.24, 2.45) is 0 Å². The van der Waals surface area contributed by atoms with Crippen LogP contribution in [0.4, 0.5) is 0 Å². The van der Waals surface area contributed by atoms with Gasteiger partial charge in [-0.25, -0.2) is 0 Å². The smallest absolute Gasteiger partial charge is 0.253 e. The van der Waals surface area contributed by atoms with Gasteiger partial charge in [-0.2, -0.15) is 4.98 Å². The Morgan fingerprint density at radius 3 is 2.68 bits per heavy atom. The predicted molar refractivity (Wildman–Crippen MR) is 83.4 cm³/mol. The monoisotopic (exact) mass is 339 g/mol. The SMILES string of the molecule is Cc1noc(C2CCCN(C(=O)c3cc(Cl)cc(Cl)c3)C2)n1. The maximum absolute atomic E-state index is 12.6. The summed E-state index contributed by atoms with van der Waals surface area (Å²) in [4.78, 5) is 18.7. The molecule has 7 heteroatoms. The Morgan fingerprint density at radius 1 is 1.32 bits per heavy atom. The van der Waals surface area contributed by atoms with E-state index in [1.807, 2.05) is 0 Å². The van der Waals surface area contributed by atoms with Crippen LogP contribution < -0.4 is 0 Å². The molecule has 1 aromatic heterocycles. The Hall–Kier alpha value is -1.59. The van der Waals surface area contributed by atoms with Crippen LogP contribution in [0, 0.1) is 6.92 Å². The first-order valence-electron chi connectivity index (χ1n) is 7.08. The molecule has 0 radical (unpaired) electrons. The summed E-state index contributed by atoms with van der Waals surface area (Å²) < 4.78 is 5.23. The number of likely N-dealkylation sites (tertiary alicyclic amines) is 1. The van der Waals surface area contributed by atoms with Crippen LogP contribution >= 0.6 is 23.2 Å². The van der Waals surface area contributed by atoms with E-state index in [4.69, 9.17) is 27.7 Å². The third-order valence-corrected chi connectivity index (χ3v) is 4.15. The van der Waals surface area contributed by atoms with Crippen molar-refractivity contribution in [3.05, 3.63) is 45.5 Å². The Labute approximate surface area is 138 Å². The summed E-state index contributed by atoms with van der Waals surface area (Å²) in [7, 11) is 0. The highest BCUT2D eigenvalue weighted by atomic mass is 35.5. The van der Waals surface area contributed by atoms with E-state index in [1.54, 1.807) is 30.0 Å². The first kappa shape index (κ1) is 15.3. The van der Waals surface area contributed by atoms with Crippen LogP contribution in [-0.4, -0.2) is 34.0 Å². The number of hydrogen-bond donors (Lipinski definition) is 0. The zero-order valence-corrected chi connectivity index (χ0v) is 13.6. The molecule has 0 aliphatic carbocycles. The Bertz CT molecular complexity index is 682. The van der Waals surface area contributed by atoms with Gasteiger partial charge in [-0.05, 0) is 38.0 Å². The van der Waals surface area contributed by atoms with Gasteiger partial charge in [0.1, 0.15) is 0 Å². The second-order valence-electron chi connectivity index (χ2n) is 5.43. The van der Waals surface area contributed by atoms with E-state index in [1.165, 1.54) is 0 Å². The number of aryl methyl sites for hydroxylation is 1. The molecule has 0 bridgehead atoms. The molecule has 1 unspecified atom stereocenters. The fraction of sp³-hybridized carbons (Fsp3) is 0.400. The highest BCUT2D eigenvalue weighted by Crippen LogP contribution is 2.27. The molecular weight excluding hydrogens is 325 g/mol. The van der Waals surface area contributed by atoms with Crippen molar-refractivity contribution in [2.75, 3.05) is 13.1 Å². The standard InChI is InChI=1S/C15H15Cl2N3O2/c1-9-18-14(22-19-9)10-3-2-4-20(8-10)15(21)11-5-12(16)7-13(17)6-11/h5-7,10H,2-4,8H2,1H3. The maximum atomic E-state index is 12.6. The minimum atomic E-state index is -0.0784. The zero-order chi connectivity index (χ0) is 15.7. The van der Waals surface area contributed by atoms with Gasteiger partial charge in [0.2, 0.25) is 5.89 Å². The molecule has 2 heterocycles. The first-order chi connectivity index (χ1) is 10.5. The highest BCUT2D eigenvalue weighted by Gasteiger charge is 2.29. The molecule has 1 saturated heterocycles. The number of nitrogens with zero attached hydrogens (tertiary/aromatic N) is 3. The molecule has 0 saturated carbocycles. The van der Waals surface area contributed by atoms with Crippen molar-refractivity contribution in [2.45, 2.75) is 25.7 Å². The fourth-order valence-electron chi connectivity index (χ4n) is 2.70. The van der Waals surface area contributed by atoms with E-state index < -0.39 is 0 Å². The molecule has 1 amide bonds. The largest absolute Gasteiger partial charge is 0.339 e. The lowest BCUT2D eigenvalue weighted by molar-refractivity contribution is 0.0695. The number of benzene rings is 1. The van der Waals surface area contributed by atoms with E-state index >= 15 is 0 Å². The van der Waals surface area contributed by atoms with Crippen LogP contribution in [0.3, 0.4) is 0 Å². The molecule has 0 spiro atoms. The Balaban J connectivity index is 1.77. The van der Waals surface area contributed by atoms with Crippen LogP contribution in [0.1, 0.15) is 40.8 Å². The minimum absolute atomic E-state index is 0.0774. The number of rotatable bonds is 2. The first-order valence-corrected chi connectivity index (χ1v) is 7.84. The van der Waals surface area contributed by atoms with E-state index in [9.17, 15) is 4.79 Å². The second kappa shape index (κ2) is 6.26. The molecule has 3 rings (SSSR count). The van der Waals surface area contributed by atoms with Crippen molar-refractivity contribution in [3.63, 3.8) is 0 Å². The van der Waals surface area contributed by atoms with Crippen LogP contribution in [0.25, 0.3) is 0 Å². The molecular formula is C15H15Cl2N3O2. The summed E-state index contributed by atoms with van der Waals surface area (Å²) in [6.45, 7) is 3.05. The van der Waals surface area contributed by atoms with E-state index in [2.05, 4.69) is 10.1 Å². The summed E-state index contributed by atoms with van der Waals surface area (Å²) in [6, 6.07) is 4.88. The summed E-state index contributed by atoms with van der Waals surface area (Å²) in [5.41, 5.74) is 0.500. The average molecular weight is 340 g/mol. The van der Waals surface area contributed by atoms with Gasteiger partial charge in [-0.1, -0.05) is 28.4 Å². The summed E-state index contributed by atoms with van der Waals surface area (Å²) in [5.74, 6) is 1.21. The van der Waals surface area contributed by atoms with Gasteiger partial charge in [0, 0.05) is 28.7 Å². The fourth-order valence-corrected chi connectivity index (χ4v) is 3.23. The molecule has 5 nitrogen and oxygen atoms in total. The van der Waals surface area contributed by atoms with Gasteiger partial charge in [0.05, 0.1) is 5.92 Å². The van der Waals surface area contributed by atoms with Gasteiger partial charge in [-0.3, -0.25) is 4.79 Å². The summed E-state index contributed by atoms with van der Waals surface area (Å²) >= 11 is 11.9. The molecule has 0 N–H and O–H groups in total. The van der Waals surface area contributed by atoms with E-state index in [-0.39, 0.29) is 11.8 Å². The van der Waals surface area contributed by atoms with Crippen LogP contribution in [-0.2, 0) is 0 Å². The number of carbonyl (C=O) groups is 1. The zero-order valence-electron chi connectivity index (χ0n) is 12.1. The lowest BCUT2D eigenvalue weighted by atomic mass is 9.97. The third-order valence-electron chi connectivity index (χ3n) is 3.71. The van der Waals surface area contributed by atoms with E-state index in [0.717, 1.165) is 12.8 Å². The molecule has 1 fully saturated rings. The van der Waals surface area contributed by atoms with Gasteiger partial charge in [0.25, 0.3) is 5.91 Å². The summed E-state index contributed by atoms with van der Waals surface area (Å²) in [6.07, 6.45) is 1.83. The maximum Gasteiger partial charge on any atom is 0.253 e. The molecule has 22 heavy (non-hydrogen) atoms. The minimum Gasteiger partial charge on any atom is -0.339 e. The topological polar surface area (TPSA) is 59.2 Å². The molecule has 116 valence electrons.